The van der Waals surface area contributed by atoms with Crippen molar-refractivity contribution in [2.75, 3.05) is 13.7 Å². The molecule has 124 valence electrons. The van der Waals surface area contributed by atoms with Crippen LogP contribution < -0.4 is 10.1 Å². The summed E-state index contributed by atoms with van der Waals surface area (Å²) in [4.78, 5) is 19.7. The number of benzene rings is 2. The summed E-state index contributed by atoms with van der Waals surface area (Å²) in [6.45, 7) is 2.53. The SMILES string of the molecule is COc1cccc(CCNC(=O)Cc2ccc3nc(C)[nH]c3c2)c1. The molecule has 1 amide bonds. The van der Waals surface area contributed by atoms with Gasteiger partial charge >= 0.3 is 0 Å². The molecule has 0 unspecified atom stereocenters. The van der Waals surface area contributed by atoms with E-state index in [1.165, 1.54) is 0 Å². The van der Waals surface area contributed by atoms with Crippen molar-refractivity contribution in [3.63, 3.8) is 0 Å². The Morgan fingerprint density at radius 1 is 1.21 bits per heavy atom. The molecule has 0 spiro atoms. The number of carbonyl (C=O) groups excluding carboxylic acids is 1. The van der Waals surface area contributed by atoms with Gasteiger partial charge in [-0.3, -0.25) is 4.79 Å². The number of aromatic amines is 1. The minimum absolute atomic E-state index is 0.0217. The second kappa shape index (κ2) is 7.17. The highest BCUT2D eigenvalue weighted by molar-refractivity contribution is 5.81. The van der Waals surface area contributed by atoms with Crippen LogP contribution in [0.5, 0.6) is 5.75 Å². The fraction of sp³-hybridized carbons (Fsp3) is 0.263. The summed E-state index contributed by atoms with van der Waals surface area (Å²) in [5, 5.41) is 2.96. The third-order valence-electron chi connectivity index (χ3n) is 3.90. The molecular weight excluding hydrogens is 302 g/mol. The summed E-state index contributed by atoms with van der Waals surface area (Å²) in [6, 6.07) is 13.8. The lowest BCUT2D eigenvalue weighted by atomic mass is 10.1. The van der Waals surface area contributed by atoms with E-state index in [9.17, 15) is 4.79 Å². The van der Waals surface area contributed by atoms with E-state index < -0.39 is 0 Å². The molecule has 3 aromatic rings. The highest BCUT2D eigenvalue weighted by Gasteiger charge is 2.06. The van der Waals surface area contributed by atoms with Crippen LogP contribution in [0.1, 0.15) is 17.0 Å². The second-order valence-corrected chi connectivity index (χ2v) is 5.80. The lowest BCUT2D eigenvalue weighted by molar-refractivity contribution is -0.120. The normalized spacial score (nSPS) is 10.8. The summed E-state index contributed by atoms with van der Waals surface area (Å²) in [7, 11) is 1.65. The van der Waals surface area contributed by atoms with Crippen molar-refractivity contribution in [3.05, 3.63) is 59.4 Å². The number of fused-ring (bicyclic) bond motifs is 1. The van der Waals surface area contributed by atoms with Crippen LogP contribution in [0.15, 0.2) is 42.5 Å². The van der Waals surface area contributed by atoms with E-state index in [2.05, 4.69) is 15.3 Å². The molecule has 5 heteroatoms. The van der Waals surface area contributed by atoms with Gasteiger partial charge in [0.2, 0.25) is 5.91 Å². The molecule has 0 aliphatic heterocycles. The van der Waals surface area contributed by atoms with Crippen LogP contribution in [0.25, 0.3) is 11.0 Å². The van der Waals surface area contributed by atoms with E-state index in [-0.39, 0.29) is 5.91 Å². The number of H-pyrrole nitrogens is 1. The molecular formula is C19H21N3O2. The number of amides is 1. The summed E-state index contributed by atoms with van der Waals surface area (Å²) < 4.78 is 5.20. The predicted molar refractivity (Wildman–Crippen MR) is 94.2 cm³/mol. The van der Waals surface area contributed by atoms with Gasteiger partial charge in [0.15, 0.2) is 0 Å². The monoisotopic (exact) mass is 323 g/mol. The number of aromatic nitrogens is 2. The van der Waals surface area contributed by atoms with Crippen LogP contribution in [-0.2, 0) is 17.6 Å². The van der Waals surface area contributed by atoms with Crippen LogP contribution in [-0.4, -0.2) is 29.5 Å². The average Bonchev–Trinajstić information content (AvgIpc) is 2.94. The third kappa shape index (κ3) is 3.93. The molecule has 0 bridgehead atoms. The first-order chi connectivity index (χ1) is 11.6. The van der Waals surface area contributed by atoms with Gasteiger partial charge in [-0.05, 0) is 48.7 Å². The number of carbonyl (C=O) groups is 1. The lowest BCUT2D eigenvalue weighted by Gasteiger charge is -2.07. The number of ether oxygens (including phenoxy) is 1. The molecule has 2 aromatic carbocycles. The Labute approximate surface area is 141 Å². The van der Waals surface area contributed by atoms with Crippen LogP contribution in [0.3, 0.4) is 0 Å². The van der Waals surface area contributed by atoms with Crippen molar-refractivity contribution < 1.29 is 9.53 Å². The summed E-state index contributed by atoms with van der Waals surface area (Å²) in [5.74, 6) is 1.74. The fourth-order valence-electron chi connectivity index (χ4n) is 2.72. The molecule has 0 aliphatic rings. The molecule has 0 saturated heterocycles. The highest BCUT2D eigenvalue weighted by Crippen LogP contribution is 2.14. The van der Waals surface area contributed by atoms with Gasteiger partial charge in [0.1, 0.15) is 11.6 Å². The largest absolute Gasteiger partial charge is 0.497 e. The molecule has 1 heterocycles. The molecule has 2 N–H and O–H groups in total. The summed E-state index contributed by atoms with van der Waals surface area (Å²) >= 11 is 0. The zero-order valence-corrected chi connectivity index (χ0v) is 13.9. The van der Waals surface area contributed by atoms with Crippen molar-refractivity contribution in [3.8, 4) is 5.75 Å². The third-order valence-corrected chi connectivity index (χ3v) is 3.90. The molecule has 0 aliphatic carbocycles. The van der Waals surface area contributed by atoms with Gasteiger partial charge < -0.3 is 15.0 Å². The van der Waals surface area contributed by atoms with Crippen LogP contribution >= 0.6 is 0 Å². The lowest BCUT2D eigenvalue weighted by Crippen LogP contribution is -2.27. The van der Waals surface area contributed by atoms with E-state index in [4.69, 9.17) is 4.74 Å². The Hall–Kier alpha value is -2.82. The number of hydrogen-bond donors (Lipinski definition) is 2. The van der Waals surface area contributed by atoms with Gasteiger partial charge in [-0.2, -0.15) is 0 Å². The topological polar surface area (TPSA) is 67.0 Å². The molecule has 24 heavy (non-hydrogen) atoms. The first-order valence-corrected chi connectivity index (χ1v) is 7.99. The van der Waals surface area contributed by atoms with E-state index in [0.29, 0.717) is 13.0 Å². The van der Waals surface area contributed by atoms with Crippen molar-refractivity contribution in [2.24, 2.45) is 0 Å². The average molecular weight is 323 g/mol. The minimum Gasteiger partial charge on any atom is -0.497 e. The van der Waals surface area contributed by atoms with Crippen LogP contribution in [0, 0.1) is 6.92 Å². The first-order valence-electron chi connectivity index (χ1n) is 7.99. The minimum atomic E-state index is 0.0217. The van der Waals surface area contributed by atoms with Gasteiger partial charge in [-0.1, -0.05) is 18.2 Å². The molecule has 0 saturated carbocycles. The number of aryl methyl sites for hydroxylation is 1. The maximum absolute atomic E-state index is 12.1. The van der Waals surface area contributed by atoms with Gasteiger partial charge in [0.25, 0.3) is 0 Å². The maximum Gasteiger partial charge on any atom is 0.224 e. The number of methoxy groups -OCH3 is 1. The van der Waals surface area contributed by atoms with Crippen molar-refractivity contribution in [1.29, 1.82) is 0 Å². The zero-order chi connectivity index (χ0) is 16.9. The van der Waals surface area contributed by atoms with E-state index in [1.807, 2.05) is 49.4 Å². The van der Waals surface area contributed by atoms with Crippen LogP contribution in [0.2, 0.25) is 0 Å². The summed E-state index contributed by atoms with van der Waals surface area (Å²) in [5.41, 5.74) is 4.01. The Morgan fingerprint density at radius 2 is 2.08 bits per heavy atom. The number of imidazole rings is 1. The Bertz CT molecular complexity index is 855. The smallest absolute Gasteiger partial charge is 0.224 e. The molecule has 1 aromatic heterocycles. The second-order valence-electron chi connectivity index (χ2n) is 5.80. The Kier molecular flexibility index (Phi) is 4.79. The molecule has 0 atom stereocenters. The highest BCUT2D eigenvalue weighted by atomic mass is 16.5. The summed E-state index contributed by atoms with van der Waals surface area (Å²) in [6.07, 6.45) is 1.15. The molecule has 0 fully saturated rings. The predicted octanol–water partition coefficient (Wildman–Crippen LogP) is 2.78. The number of rotatable bonds is 6. The van der Waals surface area contributed by atoms with Gasteiger partial charge in [-0.15, -0.1) is 0 Å². The number of nitrogens with one attached hydrogen (secondary N) is 2. The molecule has 0 radical (unpaired) electrons. The van der Waals surface area contributed by atoms with Gasteiger partial charge in [0.05, 0.1) is 24.6 Å². The van der Waals surface area contributed by atoms with Crippen molar-refractivity contribution in [1.82, 2.24) is 15.3 Å². The Balaban J connectivity index is 1.52. The molecule has 3 rings (SSSR count). The van der Waals surface area contributed by atoms with Crippen molar-refractivity contribution >= 4 is 16.9 Å². The van der Waals surface area contributed by atoms with Crippen molar-refractivity contribution in [2.45, 2.75) is 19.8 Å². The van der Waals surface area contributed by atoms with E-state index in [1.54, 1.807) is 7.11 Å². The maximum atomic E-state index is 12.1. The van der Waals surface area contributed by atoms with E-state index >= 15 is 0 Å². The van der Waals surface area contributed by atoms with Crippen LogP contribution in [0.4, 0.5) is 0 Å². The van der Waals surface area contributed by atoms with E-state index in [0.717, 1.165) is 40.2 Å². The standard InChI is InChI=1S/C19H21N3O2/c1-13-21-17-7-6-15(11-18(17)22-13)12-19(23)20-9-8-14-4-3-5-16(10-14)24-2/h3-7,10-11H,8-9,12H2,1-2H3,(H,20,23)(H,21,22). The van der Waals surface area contributed by atoms with Gasteiger partial charge in [-0.25, -0.2) is 4.98 Å². The first kappa shape index (κ1) is 16.1. The number of nitrogens with zero attached hydrogens (tertiary/aromatic N) is 1. The quantitative estimate of drug-likeness (QED) is 0.733. The molecule has 5 nitrogen and oxygen atoms in total. The van der Waals surface area contributed by atoms with Gasteiger partial charge in [0, 0.05) is 6.54 Å². The fourth-order valence-corrected chi connectivity index (χ4v) is 2.72. The Morgan fingerprint density at radius 3 is 2.92 bits per heavy atom. The number of hydrogen-bond acceptors (Lipinski definition) is 3. The zero-order valence-electron chi connectivity index (χ0n) is 13.9.